The average Bonchev–Trinajstić information content (AvgIpc) is 2.79. The van der Waals surface area contributed by atoms with Crippen molar-refractivity contribution in [2.75, 3.05) is 18.6 Å². The van der Waals surface area contributed by atoms with E-state index in [4.69, 9.17) is 27.2 Å². The summed E-state index contributed by atoms with van der Waals surface area (Å²) in [7, 11) is 1.55. The summed E-state index contributed by atoms with van der Waals surface area (Å²) in [6.07, 6.45) is 0. The second-order valence-electron chi connectivity index (χ2n) is 4.03. The lowest BCUT2D eigenvalue weighted by molar-refractivity contribution is -0.133. The minimum Gasteiger partial charge on any atom is -0.496 e. The predicted molar refractivity (Wildman–Crippen MR) is 79.9 cm³/mol. The molecule has 112 valence electrons. The van der Waals surface area contributed by atoms with Gasteiger partial charge in [-0.15, -0.1) is 10.2 Å². The fourth-order valence-electron chi connectivity index (χ4n) is 1.72. The van der Waals surface area contributed by atoms with E-state index in [0.717, 1.165) is 17.3 Å². The van der Waals surface area contributed by atoms with E-state index in [0.29, 0.717) is 22.5 Å². The number of hydrogen-bond acceptors (Lipinski definition) is 6. The van der Waals surface area contributed by atoms with Crippen molar-refractivity contribution in [3.05, 3.63) is 28.8 Å². The highest BCUT2D eigenvalue weighted by molar-refractivity contribution is 7.99. The first-order valence-electron chi connectivity index (χ1n) is 5.87. The molecule has 9 heteroatoms. The first-order chi connectivity index (χ1) is 10.0. The van der Waals surface area contributed by atoms with E-state index >= 15 is 0 Å². The molecule has 0 radical (unpaired) electrons. The number of carboxylic acid groups (broad SMARTS) is 1. The van der Waals surface area contributed by atoms with Crippen molar-refractivity contribution in [1.29, 1.82) is 0 Å². The molecule has 1 aromatic heterocycles. The number of anilines is 1. The molecule has 1 aromatic carbocycles. The number of aromatic nitrogens is 3. The molecule has 0 saturated carbocycles. The third-order valence-electron chi connectivity index (χ3n) is 2.68. The van der Waals surface area contributed by atoms with Gasteiger partial charge in [0.25, 0.3) is 0 Å². The number of halogens is 1. The molecule has 0 spiro atoms. The van der Waals surface area contributed by atoms with Gasteiger partial charge in [-0.3, -0.25) is 9.36 Å². The molecule has 1 heterocycles. The number of aliphatic carboxylic acids is 1. The lowest BCUT2D eigenvalue weighted by atomic mass is 10.2. The minimum absolute atomic E-state index is 0.127. The summed E-state index contributed by atoms with van der Waals surface area (Å²) in [6, 6.07) is 5.30. The maximum atomic E-state index is 10.7. The monoisotopic (exact) mass is 328 g/mol. The van der Waals surface area contributed by atoms with Crippen LogP contribution in [0.3, 0.4) is 0 Å². The molecule has 21 heavy (non-hydrogen) atoms. The van der Waals surface area contributed by atoms with Crippen molar-refractivity contribution in [1.82, 2.24) is 14.8 Å². The predicted octanol–water partition coefficient (Wildman–Crippen LogP) is 1.75. The summed E-state index contributed by atoms with van der Waals surface area (Å²) in [5, 5.41) is 17.3. The zero-order valence-corrected chi connectivity index (χ0v) is 12.7. The van der Waals surface area contributed by atoms with Crippen LogP contribution < -0.4 is 10.5 Å². The second kappa shape index (κ2) is 6.68. The molecule has 0 amide bonds. The van der Waals surface area contributed by atoms with Gasteiger partial charge in [0.05, 0.1) is 19.4 Å². The molecular weight excluding hydrogens is 316 g/mol. The largest absolute Gasteiger partial charge is 0.496 e. The van der Waals surface area contributed by atoms with Crippen LogP contribution in [0.4, 0.5) is 5.95 Å². The number of carbonyl (C=O) groups is 1. The summed E-state index contributed by atoms with van der Waals surface area (Å²) >= 11 is 7.22. The molecule has 2 aromatic rings. The molecule has 7 nitrogen and oxygen atoms in total. The summed E-state index contributed by atoms with van der Waals surface area (Å²) in [6.45, 7) is 0.295. The average molecular weight is 329 g/mol. The van der Waals surface area contributed by atoms with Crippen LogP contribution >= 0.6 is 23.4 Å². The number of nitrogen functional groups attached to an aromatic ring is 1. The van der Waals surface area contributed by atoms with Crippen molar-refractivity contribution in [3.8, 4) is 5.75 Å². The quantitative estimate of drug-likeness (QED) is 0.778. The van der Waals surface area contributed by atoms with E-state index in [1.165, 1.54) is 0 Å². The lowest BCUT2D eigenvalue weighted by Crippen LogP contribution is -2.09. The minimum atomic E-state index is -0.941. The number of benzene rings is 1. The molecule has 0 fully saturated rings. The van der Waals surface area contributed by atoms with Gasteiger partial charge in [0.15, 0.2) is 5.16 Å². The summed E-state index contributed by atoms with van der Waals surface area (Å²) in [4.78, 5) is 10.7. The SMILES string of the molecule is COc1cccc(Cl)c1Cn1c(N)nnc1SCC(=O)O. The van der Waals surface area contributed by atoms with Gasteiger partial charge in [-0.05, 0) is 12.1 Å². The van der Waals surface area contributed by atoms with Gasteiger partial charge in [-0.2, -0.15) is 0 Å². The fraction of sp³-hybridized carbons (Fsp3) is 0.250. The van der Waals surface area contributed by atoms with Gasteiger partial charge in [0.1, 0.15) is 5.75 Å². The Hall–Kier alpha value is -1.93. The summed E-state index contributed by atoms with van der Waals surface area (Å²) in [5.41, 5.74) is 6.51. The van der Waals surface area contributed by atoms with Crippen LogP contribution in [0.1, 0.15) is 5.56 Å². The van der Waals surface area contributed by atoms with Crippen molar-refractivity contribution < 1.29 is 14.6 Å². The van der Waals surface area contributed by atoms with Crippen molar-refractivity contribution in [2.45, 2.75) is 11.7 Å². The van der Waals surface area contributed by atoms with Crippen molar-refractivity contribution in [3.63, 3.8) is 0 Å². The van der Waals surface area contributed by atoms with Crippen molar-refractivity contribution >= 4 is 35.3 Å². The van der Waals surface area contributed by atoms with E-state index in [1.807, 2.05) is 0 Å². The van der Waals surface area contributed by atoms with Gasteiger partial charge in [-0.25, -0.2) is 0 Å². The fourth-order valence-corrected chi connectivity index (χ4v) is 2.61. The Labute approximate surface area is 130 Å². The van der Waals surface area contributed by atoms with Crippen molar-refractivity contribution in [2.24, 2.45) is 0 Å². The third kappa shape index (κ3) is 3.59. The summed E-state index contributed by atoms with van der Waals surface area (Å²) in [5.74, 6) is -0.268. The molecule has 3 N–H and O–H groups in total. The van der Waals surface area contributed by atoms with E-state index in [2.05, 4.69) is 10.2 Å². The highest BCUT2D eigenvalue weighted by Gasteiger charge is 2.16. The summed E-state index contributed by atoms with van der Waals surface area (Å²) < 4.78 is 6.87. The Balaban J connectivity index is 2.31. The molecule has 2 rings (SSSR count). The maximum Gasteiger partial charge on any atom is 0.313 e. The molecule has 0 unspecified atom stereocenters. The van der Waals surface area contributed by atoms with E-state index in [-0.39, 0.29) is 11.7 Å². The van der Waals surface area contributed by atoms with Crippen LogP contribution in [0.25, 0.3) is 0 Å². The van der Waals surface area contributed by atoms with Gasteiger partial charge in [0, 0.05) is 10.6 Å². The number of methoxy groups -OCH3 is 1. The Morgan fingerprint density at radius 3 is 2.95 bits per heavy atom. The number of carboxylic acids is 1. The normalized spacial score (nSPS) is 10.6. The van der Waals surface area contributed by atoms with E-state index in [1.54, 1.807) is 29.9 Å². The number of nitrogens with two attached hydrogens (primary N) is 1. The standard InChI is InChI=1S/C12H13ClN4O3S/c1-20-9-4-2-3-8(13)7(9)5-17-11(14)15-16-12(17)21-6-10(18)19/h2-4H,5-6H2,1H3,(H2,14,15)(H,18,19). The number of ether oxygens (including phenoxy) is 1. The second-order valence-corrected chi connectivity index (χ2v) is 5.38. The van der Waals surface area contributed by atoms with Gasteiger partial charge >= 0.3 is 5.97 Å². The smallest absolute Gasteiger partial charge is 0.313 e. The van der Waals surface area contributed by atoms with E-state index in [9.17, 15) is 4.79 Å². The third-order valence-corrected chi connectivity index (χ3v) is 3.99. The molecule has 0 aliphatic heterocycles. The number of hydrogen-bond donors (Lipinski definition) is 2. The van der Waals surface area contributed by atoms with Crippen LogP contribution in [0, 0.1) is 0 Å². The Morgan fingerprint density at radius 1 is 1.52 bits per heavy atom. The molecule has 0 aliphatic carbocycles. The molecule has 0 bridgehead atoms. The zero-order chi connectivity index (χ0) is 15.4. The first-order valence-corrected chi connectivity index (χ1v) is 7.24. The Kier molecular flexibility index (Phi) is 4.92. The van der Waals surface area contributed by atoms with Gasteiger partial charge in [0.2, 0.25) is 5.95 Å². The van der Waals surface area contributed by atoms with Crippen LogP contribution in [0.2, 0.25) is 5.02 Å². The number of rotatable bonds is 6. The molecule has 0 saturated heterocycles. The maximum absolute atomic E-state index is 10.7. The lowest BCUT2D eigenvalue weighted by Gasteiger charge is -2.12. The topological polar surface area (TPSA) is 103 Å². The Bertz CT molecular complexity index is 662. The van der Waals surface area contributed by atoms with Crippen LogP contribution in [0.5, 0.6) is 5.75 Å². The number of nitrogens with zero attached hydrogens (tertiary/aromatic N) is 3. The zero-order valence-electron chi connectivity index (χ0n) is 11.1. The van der Waals surface area contributed by atoms with Crippen LogP contribution in [-0.4, -0.2) is 38.7 Å². The molecule has 0 aliphatic rings. The van der Waals surface area contributed by atoms with Crippen LogP contribution in [0.15, 0.2) is 23.4 Å². The number of thioether (sulfide) groups is 1. The highest BCUT2D eigenvalue weighted by atomic mass is 35.5. The first kappa shape index (κ1) is 15.5. The van der Waals surface area contributed by atoms with E-state index < -0.39 is 5.97 Å². The van der Waals surface area contributed by atoms with Gasteiger partial charge < -0.3 is 15.6 Å². The van der Waals surface area contributed by atoms with Crippen LogP contribution in [-0.2, 0) is 11.3 Å². The molecule has 0 atom stereocenters. The molecular formula is C12H13ClN4O3S. The highest BCUT2D eigenvalue weighted by Crippen LogP contribution is 2.29. The Morgan fingerprint density at radius 2 is 2.29 bits per heavy atom. The van der Waals surface area contributed by atoms with Gasteiger partial charge in [-0.1, -0.05) is 29.4 Å².